The fourth-order valence-corrected chi connectivity index (χ4v) is 4.15. The molecule has 0 aliphatic rings. The van der Waals surface area contributed by atoms with Gasteiger partial charge in [0.1, 0.15) is 5.75 Å². The predicted molar refractivity (Wildman–Crippen MR) is 115 cm³/mol. The summed E-state index contributed by atoms with van der Waals surface area (Å²) in [4.78, 5) is 36.2. The molecule has 0 spiro atoms. The summed E-state index contributed by atoms with van der Waals surface area (Å²) in [6.07, 6.45) is -0.0170. The first-order valence-electron chi connectivity index (χ1n) is 9.75. The van der Waals surface area contributed by atoms with E-state index in [1.165, 1.54) is 16.7 Å². The molecule has 0 radical (unpaired) electrons. The third-order valence-corrected chi connectivity index (χ3v) is 5.81. The first-order valence-corrected chi connectivity index (χ1v) is 10.6. The van der Waals surface area contributed by atoms with Crippen LogP contribution in [0, 0.1) is 20.8 Å². The van der Waals surface area contributed by atoms with Gasteiger partial charge in [0.15, 0.2) is 6.61 Å². The van der Waals surface area contributed by atoms with Gasteiger partial charge in [-0.05, 0) is 51.1 Å². The summed E-state index contributed by atoms with van der Waals surface area (Å²) in [5.41, 5.74) is 3.23. The van der Waals surface area contributed by atoms with E-state index >= 15 is 0 Å². The molecule has 0 unspecified atom stereocenters. The molecule has 0 saturated carbocycles. The second-order valence-corrected chi connectivity index (χ2v) is 7.94. The zero-order valence-corrected chi connectivity index (χ0v) is 18.6. The highest BCUT2D eigenvalue weighted by Crippen LogP contribution is 2.24. The van der Waals surface area contributed by atoms with Gasteiger partial charge in [0.2, 0.25) is 5.78 Å². The fourth-order valence-electron chi connectivity index (χ4n) is 3.39. The van der Waals surface area contributed by atoms with Crippen LogP contribution in [0.5, 0.6) is 5.75 Å². The lowest BCUT2D eigenvalue weighted by molar-refractivity contribution is -0.142. The van der Waals surface area contributed by atoms with Crippen LogP contribution in [0.2, 0.25) is 0 Å². The number of alkyl halides is 2. The molecule has 0 bridgehead atoms. The van der Waals surface area contributed by atoms with Crippen molar-refractivity contribution in [2.24, 2.45) is 0 Å². The molecule has 0 amide bonds. The second-order valence-electron chi connectivity index (χ2n) is 7.12. The molecule has 0 aliphatic carbocycles. The highest BCUT2D eigenvalue weighted by Gasteiger charge is 2.18. The van der Waals surface area contributed by atoms with Crippen LogP contribution in [-0.2, 0) is 16.1 Å². The van der Waals surface area contributed by atoms with E-state index in [0.717, 1.165) is 22.7 Å². The number of hydrogen-bond acceptors (Lipinski definition) is 6. The van der Waals surface area contributed by atoms with Crippen molar-refractivity contribution in [3.63, 3.8) is 0 Å². The van der Waals surface area contributed by atoms with Crippen LogP contribution < -0.4 is 9.61 Å². The number of ketones is 1. The highest BCUT2D eigenvalue weighted by atomic mass is 32.1. The molecule has 2 heterocycles. The van der Waals surface area contributed by atoms with E-state index in [4.69, 9.17) is 4.74 Å². The Hall–Kier alpha value is -3.27. The number of Topliss-reactive ketones (excluding diaryl/α,β-unsaturated/α-hetero) is 1. The van der Waals surface area contributed by atoms with Gasteiger partial charge in [-0.1, -0.05) is 11.3 Å². The van der Waals surface area contributed by atoms with Crippen molar-refractivity contribution in [2.45, 2.75) is 40.3 Å². The number of esters is 1. The van der Waals surface area contributed by atoms with Crippen molar-refractivity contribution < 1.29 is 27.8 Å². The molecule has 3 rings (SSSR count). The van der Waals surface area contributed by atoms with Crippen molar-refractivity contribution >= 4 is 23.1 Å². The van der Waals surface area contributed by atoms with E-state index < -0.39 is 19.2 Å². The van der Waals surface area contributed by atoms with Crippen LogP contribution in [-0.4, -0.2) is 34.1 Å². The number of aryl methyl sites for hydroxylation is 2. The van der Waals surface area contributed by atoms with Gasteiger partial charge in [0, 0.05) is 40.3 Å². The van der Waals surface area contributed by atoms with Crippen molar-refractivity contribution in [3.05, 3.63) is 68.0 Å². The molecule has 32 heavy (non-hydrogen) atoms. The third kappa shape index (κ3) is 5.31. The second kappa shape index (κ2) is 9.90. The van der Waals surface area contributed by atoms with Gasteiger partial charge in [0.05, 0.1) is 6.42 Å². The molecule has 7 nitrogen and oxygen atoms in total. The molecule has 10 heteroatoms. The maximum Gasteiger partial charge on any atom is 0.387 e. The van der Waals surface area contributed by atoms with Crippen LogP contribution in [0.4, 0.5) is 8.78 Å². The Balaban J connectivity index is 1.64. The normalized spacial score (nSPS) is 11.1. The molecule has 0 N–H and O–H groups in total. The summed E-state index contributed by atoms with van der Waals surface area (Å²) >= 11 is 1.06. The smallest absolute Gasteiger partial charge is 0.387 e. The largest absolute Gasteiger partial charge is 0.457 e. The summed E-state index contributed by atoms with van der Waals surface area (Å²) in [6.45, 7) is 2.21. The molecular formula is C22H22F2N2O5S. The van der Waals surface area contributed by atoms with Crippen LogP contribution in [0.3, 0.4) is 0 Å². The summed E-state index contributed by atoms with van der Waals surface area (Å²) in [6, 6.07) is 7.75. The van der Waals surface area contributed by atoms with E-state index in [1.54, 1.807) is 48.9 Å². The number of ether oxygens (including phenoxy) is 2. The van der Waals surface area contributed by atoms with Crippen LogP contribution in [0.15, 0.2) is 40.5 Å². The van der Waals surface area contributed by atoms with Crippen molar-refractivity contribution in [3.8, 4) is 11.4 Å². The number of aromatic nitrogens is 2. The zero-order chi connectivity index (χ0) is 23.4. The predicted octanol–water partition coefficient (Wildman–Crippen LogP) is 4.04. The molecule has 2 aromatic heterocycles. The standard InChI is InChI=1S/C22H22F2N2O5S/c1-13-10-18(15(3)26(13)16-4-6-17(7-5-16)31-21(23)24)19(27)11-30-20(28)8-9-25-14(2)12-32-22(25)29/h4-7,10,12,21H,8-9,11H2,1-3H3. The van der Waals surface area contributed by atoms with Gasteiger partial charge < -0.3 is 18.6 Å². The average Bonchev–Trinajstić information content (AvgIpc) is 3.22. The lowest BCUT2D eigenvalue weighted by atomic mass is 10.1. The van der Waals surface area contributed by atoms with Gasteiger partial charge >= 0.3 is 17.5 Å². The van der Waals surface area contributed by atoms with E-state index in [-0.39, 0.29) is 29.4 Å². The fraction of sp³-hybridized carbons (Fsp3) is 0.318. The van der Waals surface area contributed by atoms with Gasteiger partial charge in [-0.3, -0.25) is 14.4 Å². The van der Waals surface area contributed by atoms with Crippen molar-refractivity contribution in [2.75, 3.05) is 6.61 Å². The monoisotopic (exact) mass is 464 g/mol. The van der Waals surface area contributed by atoms with Crippen molar-refractivity contribution in [1.82, 2.24) is 9.13 Å². The number of rotatable bonds is 9. The Bertz CT molecular complexity index is 1180. The topological polar surface area (TPSA) is 79.5 Å². The minimum atomic E-state index is -2.90. The van der Waals surface area contributed by atoms with E-state index in [2.05, 4.69) is 4.74 Å². The molecule has 1 aromatic carbocycles. The number of nitrogens with zero attached hydrogens (tertiary/aromatic N) is 2. The maximum atomic E-state index is 12.6. The molecule has 170 valence electrons. The Morgan fingerprint density at radius 2 is 1.78 bits per heavy atom. The van der Waals surface area contributed by atoms with Gasteiger partial charge in [0.25, 0.3) is 0 Å². The number of thiazole rings is 1. The summed E-state index contributed by atoms with van der Waals surface area (Å²) < 4.78 is 37.4. The Kier molecular flexibility index (Phi) is 7.24. The van der Waals surface area contributed by atoms with Gasteiger partial charge in [-0.15, -0.1) is 0 Å². The molecule has 0 aliphatic heterocycles. The first kappa shape index (κ1) is 23.4. The van der Waals surface area contributed by atoms with E-state index in [0.29, 0.717) is 16.9 Å². The molecular weight excluding hydrogens is 442 g/mol. The minimum Gasteiger partial charge on any atom is -0.457 e. The number of carbonyl (C=O) groups is 2. The molecule has 3 aromatic rings. The van der Waals surface area contributed by atoms with Crippen LogP contribution >= 0.6 is 11.3 Å². The number of carbonyl (C=O) groups excluding carboxylic acids is 2. The van der Waals surface area contributed by atoms with Crippen LogP contribution in [0.1, 0.15) is 33.9 Å². The summed E-state index contributed by atoms with van der Waals surface area (Å²) in [7, 11) is 0. The van der Waals surface area contributed by atoms with E-state index in [1.807, 2.05) is 0 Å². The Labute approximate surface area is 186 Å². The number of benzene rings is 1. The highest BCUT2D eigenvalue weighted by molar-refractivity contribution is 7.07. The minimum absolute atomic E-state index is 0.0170. The summed E-state index contributed by atoms with van der Waals surface area (Å²) in [5.74, 6) is -0.896. The molecule has 0 saturated heterocycles. The van der Waals surface area contributed by atoms with E-state index in [9.17, 15) is 23.2 Å². The Morgan fingerprint density at radius 1 is 1.09 bits per heavy atom. The number of hydrogen-bond donors (Lipinski definition) is 0. The van der Waals surface area contributed by atoms with Gasteiger partial charge in [-0.25, -0.2) is 0 Å². The lowest BCUT2D eigenvalue weighted by Crippen LogP contribution is -2.20. The lowest BCUT2D eigenvalue weighted by Gasteiger charge is -2.11. The van der Waals surface area contributed by atoms with Crippen molar-refractivity contribution in [1.29, 1.82) is 0 Å². The maximum absolute atomic E-state index is 12.6. The van der Waals surface area contributed by atoms with Crippen LogP contribution in [0.25, 0.3) is 5.69 Å². The number of halogens is 2. The SMILES string of the molecule is Cc1cc(C(=O)COC(=O)CCn2c(C)csc2=O)c(C)n1-c1ccc(OC(F)F)cc1. The molecule has 0 atom stereocenters. The van der Waals surface area contributed by atoms with Gasteiger partial charge in [-0.2, -0.15) is 8.78 Å². The summed E-state index contributed by atoms with van der Waals surface area (Å²) in [5, 5.41) is 1.71. The first-order chi connectivity index (χ1) is 15.2. The quantitative estimate of drug-likeness (QED) is 0.353. The molecule has 0 fully saturated rings. The zero-order valence-electron chi connectivity index (χ0n) is 17.8. The Morgan fingerprint density at radius 3 is 2.38 bits per heavy atom. The third-order valence-electron chi connectivity index (χ3n) is 4.93. The average molecular weight is 464 g/mol.